The van der Waals surface area contributed by atoms with Gasteiger partial charge in [-0.3, -0.25) is 0 Å². The predicted octanol–water partition coefficient (Wildman–Crippen LogP) is 2.64. The lowest BCUT2D eigenvalue weighted by Gasteiger charge is -2.36. The highest BCUT2D eigenvalue weighted by Crippen LogP contribution is 2.31. The second-order valence-electron chi connectivity index (χ2n) is 4.81. The van der Waals surface area contributed by atoms with Crippen molar-refractivity contribution in [3.05, 3.63) is 23.8 Å². The first kappa shape index (κ1) is 15.2. The van der Waals surface area contributed by atoms with Crippen LogP contribution >= 0.6 is 11.8 Å². The number of benzene rings is 1. The summed E-state index contributed by atoms with van der Waals surface area (Å²) in [6.07, 6.45) is 0. The van der Waals surface area contributed by atoms with Gasteiger partial charge in [0.2, 0.25) is 0 Å². The van der Waals surface area contributed by atoms with E-state index in [1.54, 1.807) is 11.8 Å². The molecule has 0 unspecified atom stereocenters. The molecule has 0 atom stereocenters. The fourth-order valence-electron chi connectivity index (χ4n) is 2.58. The van der Waals surface area contributed by atoms with Gasteiger partial charge in [0.25, 0.3) is 0 Å². The standard InChI is InChI=1S/C15H22N2O2S/c1-3-16-8-10-17(11-9-16)12-6-5-7-13(20-4-2)14(12)15(18)19/h5-7H,3-4,8-11H2,1-2H3,(H,18,19). The van der Waals surface area contributed by atoms with E-state index in [1.165, 1.54) is 0 Å². The van der Waals surface area contributed by atoms with Crippen LogP contribution in [0.3, 0.4) is 0 Å². The van der Waals surface area contributed by atoms with Gasteiger partial charge in [-0.25, -0.2) is 4.79 Å². The summed E-state index contributed by atoms with van der Waals surface area (Å²) in [4.78, 5) is 17.1. The number of thioether (sulfide) groups is 1. The topological polar surface area (TPSA) is 43.8 Å². The number of carboxylic acids is 1. The first-order valence-corrected chi connectivity index (χ1v) is 8.12. The Balaban J connectivity index is 2.27. The van der Waals surface area contributed by atoms with Crippen LogP contribution in [0.4, 0.5) is 5.69 Å². The van der Waals surface area contributed by atoms with E-state index in [2.05, 4.69) is 16.7 Å². The number of hydrogen-bond donors (Lipinski definition) is 1. The van der Waals surface area contributed by atoms with Crippen molar-refractivity contribution in [1.29, 1.82) is 0 Å². The number of rotatable bonds is 5. The molecule has 4 nitrogen and oxygen atoms in total. The van der Waals surface area contributed by atoms with E-state index in [1.807, 2.05) is 25.1 Å². The summed E-state index contributed by atoms with van der Waals surface area (Å²) in [5.41, 5.74) is 1.33. The maximum absolute atomic E-state index is 11.6. The van der Waals surface area contributed by atoms with E-state index in [-0.39, 0.29) is 0 Å². The Morgan fingerprint density at radius 1 is 1.25 bits per heavy atom. The largest absolute Gasteiger partial charge is 0.478 e. The molecule has 1 aromatic carbocycles. The molecule has 1 heterocycles. The van der Waals surface area contributed by atoms with Crippen LogP contribution in [-0.2, 0) is 0 Å². The summed E-state index contributed by atoms with van der Waals surface area (Å²) in [5, 5.41) is 9.55. The van der Waals surface area contributed by atoms with Gasteiger partial charge in [-0.1, -0.05) is 19.9 Å². The molecule has 0 saturated carbocycles. The van der Waals surface area contributed by atoms with Crippen LogP contribution in [0.2, 0.25) is 0 Å². The molecular formula is C15H22N2O2S. The number of anilines is 1. The van der Waals surface area contributed by atoms with Crippen molar-refractivity contribution < 1.29 is 9.90 Å². The summed E-state index contributed by atoms with van der Waals surface area (Å²) in [5.74, 6) is 0.0577. The van der Waals surface area contributed by atoms with Gasteiger partial charge < -0.3 is 14.9 Å². The van der Waals surface area contributed by atoms with Gasteiger partial charge in [-0.15, -0.1) is 11.8 Å². The van der Waals surface area contributed by atoms with Crippen molar-refractivity contribution in [2.24, 2.45) is 0 Å². The summed E-state index contributed by atoms with van der Waals surface area (Å²) in [6, 6.07) is 5.81. The third-order valence-corrected chi connectivity index (χ3v) is 4.62. The summed E-state index contributed by atoms with van der Waals surface area (Å²) >= 11 is 1.60. The Morgan fingerprint density at radius 2 is 1.95 bits per heavy atom. The van der Waals surface area contributed by atoms with Gasteiger partial charge in [0.15, 0.2) is 0 Å². The average molecular weight is 294 g/mol. The Kier molecular flexibility index (Phi) is 5.31. The van der Waals surface area contributed by atoms with Crippen molar-refractivity contribution in [1.82, 2.24) is 4.90 Å². The van der Waals surface area contributed by atoms with E-state index in [0.29, 0.717) is 5.56 Å². The van der Waals surface area contributed by atoms with E-state index >= 15 is 0 Å². The highest BCUT2D eigenvalue weighted by Gasteiger charge is 2.22. The van der Waals surface area contributed by atoms with E-state index in [0.717, 1.165) is 49.1 Å². The number of piperazine rings is 1. The van der Waals surface area contributed by atoms with Crippen LogP contribution in [0, 0.1) is 0 Å². The number of nitrogens with zero attached hydrogens (tertiary/aromatic N) is 2. The minimum absolute atomic E-state index is 0.462. The predicted molar refractivity (Wildman–Crippen MR) is 84.1 cm³/mol. The molecule has 1 aliphatic rings. The van der Waals surface area contributed by atoms with Gasteiger partial charge in [0.05, 0.1) is 11.3 Å². The average Bonchev–Trinajstić information content (AvgIpc) is 2.47. The molecule has 110 valence electrons. The zero-order valence-electron chi connectivity index (χ0n) is 12.1. The molecule has 1 aliphatic heterocycles. The van der Waals surface area contributed by atoms with Crippen LogP contribution in [0.1, 0.15) is 24.2 Å². The van der Waals surface area contributed by atoms with Crippen LogP contribution in [-0.4, -0.2) is 54.5 Å². The highest BCUT2D eigenvalue weighted by atomic mass is 32.2. The van der Waals surface area contributed by atoms with Crippen molar-refractivity contribution >= 4 is 23.4 Å². The SMILES string of the molecule is CCSc1cccc(N2CCN(CC)CC2)c1C(=O)O. The number of hydrogen-bond acceptors (Lipinski definition) is 4. The third-order valence-electron chi connectivity index (χ3n) is 3.68. The second kappa shape index (κ2) is 6.99. The van der Waals surface area contributed by atoms with Gasteiger partial charge in [-0.2, -0.15) is 0 Å². The second-order valence-corrected chi connectivity index (χ2v) is 6.12. The Hall–Kier alpha value is -1.20. The third kappa shape index (κ3) is 3.27. The Bertz CT molecular complexity index is 471. The molecule has 0 aromatic heterocycles. The van der Waals surface area contributed by atoms with Gasteiger partial charge in [-0.05, 0) is 24.4 Å². The molecule has 1 aromatic rings. The van der Waals surface area contributed by atoms with Crippen molar-refractivity contribution in [3.63, 3.8) is 0 Å². The lowest BCUT2D eigenvalue weighted by Crippen LogP contribution is -2.46. The minimum Gasteiger partial charge on any atom is -0.478 e. The monoisotopic (exact) mass is 294 g/mol. The summed E-state index contributed by atoms with van der Waals surface area (Å²) < 4.78 is 0. The van der Waals surface area contributed by atoms with Crippen LogP contribution < -0.4 is 4.90 Å². The molecule has 1 saturated heterocycles. The van der Waals surface area contributed by atoms with Crippen LogP contribution in [0.25, 0.3) is 0 Å². The Labute approximate surface area is 124 Å². The van der Waals surface area contributed by atoms with E-state index in [4.69, 9.17) is 0 Å². The van der Waals surface area contributed by atoms with Gasteiger partial charge >= 0.3 is 5.97 Å². The number of aromatic carboxylic acids is 1. The van der Waals surface area contributed by atoms with Crippen molar-refractivity contribution in [3.8, 4) is 0 Å². The molecule has 0 bridgehead atoms. The van der Waals surface area contributed by atoms with Crippen LogP contribution in [0.15, 0.2) is 23.1 Å². The number of carboxylic acid groups (broad SMARTS) is 1. The molecule has 5 heteroatoms. The molecule has 0 amide bonds. The molecular weight excluding hydrogens is 272 g/mol. The lowest BCUT2D eigenvalue weighted by atomic mass is 10.1. The number of likely N-dealkylation sites (N-methyl/N-ethyl adjacent to an activating group) is 1. The lowest BCUT2D eigenvalue weighted by molar-refractivity contribution is 0.0693. The molecule has 20 heavy (non-hydrogen) atoms. The Morgan fingerprint density at radius 3 is 2.50 bits per heavy atom. The molecule has 0 radical (unpaired) electrons. The fourth-order valence-corrected chi connectivity index (χ4v) is 3.40. The molecule has 0 spiro atoms. The van der Waals surface area contributed by atoms with Gasteiger partial charge in [0, 0.05) is 31.1 Å². The quantitative estimate of drug-likeness (QED) is 0.846. The summed E-state index contributed by atoms with van der Waals surface area (Å²) in [6.45, 7) is 9.06. The van der Waals surface area contributed by atoms with E-state index in [9.17, 15) is 9.90 Å². The first-order chi connectivity index (χ1) is 9.67. The fraction of sp³-hybridized carbons (Fsp3) is 0.533. The maximum atomic E-state index is 11.6. The van der Waals surface area contributed by atoms with E-state index < -0.39 is 5.97 Å². The molecule has 1 fully saturated rings. The van der Waals surface area contributed by atoms with Crippen molar-refractivity contribution in [2.45, 2.75) is 18.7 Å². The first-order valence-electron chi connectivity index (χ1n) is 7.13. The smallest absolute Gasteiger partial charge is 0.338 e. The number of carbonyl (C=O) groups is 1. The zero-order chi connectivity index (χ0) is 14.5. The molecule has 1 N–H and O–H groups in total. The van der Waals surface area contributed by atoms with Crippen molar-refractivity contribution in [2.75, 3.05) is 43.4 Å². The maximum Gasteiger partial charge on any atom is 0.338 e. The van der Waals surface area contributed by atoms with Gasteiger partial charge in [0.1, 0.15) is 0 Å². The zero-order valence-corrected chi connectivity index (χ0v) is 12.9. The minimum atomic E-state index is -0.825. The summed E-state index contributed by atoms with van der Waals surface area (Å²) in [7, 11) is 0. The molecule has 2 rings (SSSR count). The molecule has 0 aliphatic carbocycles. The highest BCUT2D eigenvalue weighted by molar-refractivity contribution is 7.99. The normalized spacial score (nSPS) is 16.4. The van der Waals surface area contributed by atoms with Crippen LogP contribution in [0.5, 0.6) is 0 Å².